The van der Waals surface area contributed by atoms with Crippen LogP contribution in [-0.2, 0) is 0 Å². The fourth-order valence-corrected chi connectivity index (χ4v) is 3.08. The maximum absolute atomic E-state index is 12.6. The predicted octanol–water partition coefficient (Wildman–Crippen LogP) is 3.21. The molecule has 3 rings (SSSR count). The Morgan fingerprint density at radius 2 is 1.56 bits per heavy atom. The van der Waals surface area contributed by atoms with Gasteiger partial charge in [0.25, 0.3) is 5.91 Å². The Balaban J connectivity index is 1.64. The number of carbonyl (C=O) groups excluding carboxylic acids is 2. The minimum Gasteiger partial charge on any atom is -0.506 e. The molecule has 1 saturated heterocycles. The molecule has 0 aliphatic carbocycles. The third-order valence-electron chi connectivity index (χ3n) is 4.40. The quantitative estimate of drug-likeness (QED) is 0.856. The molecule has 0 atom stereocenters. The molecule has 0 radical (unpaired) electrons. The molecule has 2 aromatic rings. The highest BCUT2D eigenvalue weighted by molar-refractivity contribution is 6.32. The zero-order valence-electron chi connectivity index (χ0n) is 13.9. The number of hydrogen-bond donors (Lipinski definition) is 1. The Morgan fingerprint density at radius 3 is 2.12 bits per heavy atom. The Labute approximate surface area is 151 Å². The molecule has 6 heteroatoms. The van der Waals surface area contributed by atoms with Gasteiger partial charge in [0.15, 0.2) is 5.78 Å². The van der Waals surface area contributed by atoms with E-state index in [1.165, 1.54) is 12.1 Å². The van der Waals surface area contributed by atoms with Crippen LogP contribution in [0, 0.1) is 0 Å². The summed E-state index contributed by atoms with van der Waals surface area (Å²) in [7, 11) is 0. The van der Waals surface area contributed by atoms with Gasteiger partial charge in [0.1, 0.15) is 5.75 Å². The van der Waals surface area contributed by atoms with Crippen molar-refractivity contribution in [2.24, 2.45) is 0 Å². The number of phenols is 1. The van der Waals surface area contributed by atoms with Gasteiger partial charge in [-0.3, -0.25) is 9.59 Å². The number of rotatable bonds is 3. The van der Waals surface area contributed by atoms with E-state index in [0.717, 1.165) is 18.8 Å². The van der Waals surface area contributed by atoms with Gasteiger partial charge in [-0.15, -0.1) is 0 Å². The van der Waals surface area contributed by atoms with Crippen LogP contribution in [0.3, 0.4) is 0 Å². The Bertz CT molecular complexity index is 797. The fourth-order valence-electron chi connectivity index (χ4n) is 2.90. The number of ketones is 1. The molecule has 0 aromatic heterocycles. The van der Waals surface area contributed by atoms with Crippen LogP contribution in [-0.4, -0.2) is 47.9 Å². The van der Waals surface area contributed by atoms with E-state index in [1.807, 2.05) is 24.3 Å². The highest BCUT2D eigenvalue weighted by Crippen LogP contribution is 2.25. The van der Waals surface area contributed by atoms with Crippen molar-refractivity contribution in [2.75, 3.05) is 31.1 Å². The van der Waals surface area contributed by atoms with Crippen molar-refractivity contribution in [1.82, 2.24) is 4.90 Å². The molecule has 130 valence electrons. The van der Waals surface area contributed by atoms with E-state index < -0.39 is 0 Å². The summed E-state index contributed by atoms with van der Waals surface area (Å²) in [4.78, 5) is 27.9. The number of nitrogens with zero attached hydrogens (tertiary/aromatic N) is 2. The number of anilines is 1. The number of benzene rings is 2. The van der Waals surface area contributed by atoms with Crippen LogP contribution in [0.25, 0.3) is 0 Å². The van der Waals surface area contributed by atoms with Crippen LogP contribution >= 0.6 is 11.6 Å². The number of aromatic hydroxyl groups is 1. The zero-order valence-corrected chi connectivity index (χ0v) is 14.7. The van der Waals surface area contributed by atoms with Crippen LogP contribution in [0.15, 0.2) is 42.5 Å². The second kappa shape index (κ2) is 7.15. The summed E-state index contributed by atoms with van der Waals surface area (Å²) in [5.74, 6) is -0.0694. The highest BCUT2D eigenvalue weighted by Gasteiger charge is 2.22. The first kappa shape index (κ1) is 17.3. The van der Waals surface area contributed by atoms with Crippen molar-refractivity contribution in [2.45, 2.75) is 6.92 Å². The van der Waals surface area contributed by atoms with E-state index in [0.29, 0.717) is 24.2 Å². The lowest BCUT2D eigenvalue weighted by molar-refractivity contribution is 0.0746. The molecule has 1 fully saturated rings. The molecule has 5 nitrogen and oxygen atoms in total. The van der Waals surface area contributed by atoms with Gasteiger partial charge >= 0.3 is 0 Å². The lowest BCUT2D eigenvalue weighted by Crippen LogP contribution is -2.48. The first-order valence-corrected chi connectivity index (χ1v) is 8.47. The van der Waals surface area contributed by atoms with Gasteiger partial charge in [-0.1, -0.05) is 11.6 Å². The van der Waals surface area contributed by atoms with E-state index in [9.17, 15) is 14.7 Å². The number of Topliss-reactive ketones (excluding diaryl/α,β-unsaturated/α-hetero) is 1. The number of piperazine rings is 1. The van der Waals surface area contributed by atoms with Gasteiger partial charge < -0.3 is 14.9 Å². The van der Waals surface area contributed by atoms with Crippen LogP contribution in [0.4, 0.5) is 5.69 Å². The second-order valence-corrected chi connectivity index (χ2v) is 6.46. The topological polar surface area (TPSA) is 60.9 Å². The van der Waals surface area contributed by atoms with Crippen molar-refractivity contribution < 1.29 is 14.7 Å². The van der Waals surface area contributed by atoms with Crippen molar-refractivity contribution in [3.8, 4) is 5.75 Å². The van der Waals surface area contributed by atoms with Crippen LogP contribution < -0.4 is 4.90 Å². The van der Waals surface area contributed by atoms with E-state index in [1.54, 1.807) is 17.9 Å². The number of amides is 1. The average molecular weight is 359 g/mol. The van der Waals surface area contributed by atoms with E-state index in [2.05, 4.69) is 4.90 Å². The summed E-state index contributed by atoms with van der Waals surface area (Å²) in [6, 6.07) is 12.0. The normalized spacial score (nSPS) is 14.5. The average Bonchev–Trinajstić information content (AvgIpc) is 2.63. The monoisotopic (exact) mass is 358 g/mol. The standard InChI is InChI=1S/C19H19ClN2O3/c1-13(23)14-2-5-16(6-3-14)21-8-10-22(11-9-21)19(25)15-4-7-18(24)17(20)12-15/h2-7,12,24H,8-11H2,1H3. The number of halogens is 1. The minimum absolute atomic E-state index is 0.0305. The fraction of sp³-hybridized carbons (Fsp3) is 0.263. The van der Waals surface area contributed by atoms with Crippen LogP contribution in [0.2, 0.25) is 5.02 Å². The Kier molecular flexibility index (Phi) is 4.95. The summed E-state index contributed by atoms with van der Waals surface area (Å²) in [5.41, 5.74) is 2.22. The Morgan fingerprint density at radius 1 is 0.960 bits per heavy atom. The highest BCUT2D eigenvalue weighted by atomic mass is 35.5. The van der Waals surface area contributed by atoms with Gasteiger partial charge in [0, 0.05) is 43.0 Å². The SMILES string of the molecule is CC(=O)c1ccc(N2CCN(C(=O)c3ccc(O)c(Cl)c3)CC2)cc1. The van der Waals surface area contributed by atoms with Crippen molar-refractivity contribution in [3.05, 3.63) is 58.6 Å². The molecular formula is C19H19ClN2O3. The van der Waals surface area contributed by atoms with E-state index >= 15 is 0 Å². The zero-order chi connectivity index (χ0) is 18.0. The van der Waals surface area contributed by atoms with Gasteiger partial charge in [-0.2, -0.15) is 0 Å². The minimum atomic E-state index is -0.0894. The third-order valence-corrected chi connectivity index (χ3v) is 4.70. The molecule has 0 unspecified atom stereocenters. The van der Waals surface area contributed by atoms with Gasteiger partial charge in [0.2, 0.25) is 0 Å². The molecule has 1 amide bonds. The summed E-state index contributed by atoms with van der Waals surface area (Å²) in [5, 5.41) is 9.64. The Hall–Kier alpha value is -2.53. The van der Waals surface area contributed by atoms with Crippen molar-refractivity contribution in [3.63, 3.8) is 0 Å². The smallest absolute Gasteiger partial charge is 0.254 e. The lowest BCUT2D eigenvalue weighted by Gasteiger charge is -2.36. The summed E-state index contributed by atoms with van der Waals surface area (Å²) < 4.78 is 0. The molecule has 25 heavy (non-hydrogen) atoms. The first-order valence-electron chi connectivity index (χ1n) is 8.09. The molecule has 2 aromatic carbocycles. The molecule has 0 saturated carbocycles. The van der Waals surface area contributed by atoms with Crippen LogP contribution in [0.5, 0.6) is 5.75 Å². The summed E-state index contributed by atoms with van der Waals surface area (Å²) in [6.07, 6.45) is 0. The van der Waals surface area contributed by atoms with E-state index in [-0.39, 0.29) is 22.5 Å². The maximum Gasteiger partial charge on any atom is 0.254 e. The molecular weight excluding hydrogens is 340 g/mol. The van der Waals surface area contributed by atoms with Gasteiger partial charge in [-0.25, -0.2) is 0 Å². The van der Waals surface area contributed by atoms with Gasteiger partial charge in [0.05, 0.1) is 5.02 Å². The summed E-state index contributed by atoms with van der Waals surface area (Å²) in [6.45, 7) is 4.19. The van der Waals surface area contributed by atoms with Gasteiger partial charge in [-0.05, 0) is 49.4 Å². The molecule has 0 bridgehead atoms. The number of hydrogen-bond acceptors (Lipinski definition) is 4. The second-order valence-electron chi connectivity index (χ2n) is 6.05. The molecule has 1 aliphatic rings. The van der Waals surface area contributed by atoms with Crippen molar-refractivity contribution >= 4 is 29.0 Å². The largest absolute Gasteiger partial charge is 0.506 e. The summed E-state index contributed by atoms with van der Waals surface area (Å²) >= 11 is 5.88. The van der Waals surface area contributed by atoms with Crippen LogP contribution in [0.1, 0.15) is 27.6 Å². The van der Waals surface area contributed by atoms with Crippen molar-refractivity contribution in [1.29, 1.82) is 0 Å². The predicted molar refractivity (Wildman–Crippen MR) is 97.7 cm³/mol. The lowest BCUT2D eigenvalue weighted by atomic mass is 10.1. The third kappa shape index (κ3) is 3.77. The molecule has 1 aliphatic heterocycles. The number of phenolic OH excluding ortho intramolecular Hbond substituents is 1. The molecule has 1 heterocycles. The maximum atomic E-state index is 12.6. The van der Waals surface area contributed by atoms with E-state index in [4.69, 9.17) is 11.6 Å². The first-order chi connectivity index (χ1) is 12.0. The molecule has 0 spiro atoms. The molecule has 1 N–H and O–H groups in total. The number of carbonyl (C=O) groups is 2.